The number of anilines is 1. The molecule has 6 nitrogen and oxygen atoms in total. The first-order valence-electron chi connectivity index (χ1n) is 6.64. The summed E-state index contributed by atoms with van der Waals surface area (Å²) < 4.78 is 5.31. The Labute approximate surface area is 118 Å². The van der Waals surface area contributed by atoms with Crippen LogP contribution in [-0.4, -0.2) is 23.6 Å². The van der Waals surface area contributed by atoms with Gasteiger partial charge in [0.15, 0.2) is 5.84 Å². The molecule has 20 heavy (non-hydrogen) atoms. The van der Waals surface area contributed by atoms with Gasteiger partial charge in [-0.05, 0) is 18.6 Å². The number of hydrogen-bond donors (Lipinski definition) is 3. The van der Waals surface area contributed by atoms with Crippen molar-refractivity contribution in [3.8, 4) is 5.75 Å². The average molecular weight is 279 g/mol. The Morgan fingerprint density at radius 2 is 2.25 bits per heavy atom. The summed E-state index contributed by atoms with van der Waals surface area (Å²) in [5.41, 5.74) is 5.98. The average Bonchev–Trinajstić information content (AvgIpc) is 2.45. The van der Waals surface area contributed by atoms with E-state index in [4.69, 9.17) is 15.7 Å². The van der Waals surface area contributed by atoms with Gasteiger partial charge >= 0.3 is 0 Å². The molecule has 1 aromatic carbocycles. The number of rotatable bonds is 8. The minimum Gasteiger partial charge on any atom is -0.485 e. The van der Waals surface area contributed by atoms with Crippen molar-refractivity contribution in [3.05, 3.63) is 24.3 Å². The van der Waals surface area contributed by atoms with Crippen LogP contribution in [0, 0.1) is 0 Å². The van der Waals surface area contributed by atoms with Crippen LogP contribution in [0.25, 0.3) is 0 Å². The van der Waals surface area contributed by atoms with Crippen molar-refractivity contribution in [1.82, 2.24) is 0 Å². The number of amidine groups is 1. The minimum absolute atomic E-state index is 0.00738. The molecule has 0 aromatic heterocycles. The largest absolute Gasteiger partial charge is 0.485 e. The first-order valence-corrected chi connectivity index (χ1v) is 6.64. The number of carbonyl (C=O) groups is 1. The van der Waals surface area contributed by atoms with E-state index in [9.17, 15) is 4.79 Å². The number of nitrogens with zero attached hydrogens (tertiary/aromatic N) is 1. The Kier molecular flexibility index (Phi) is 6.95. The molecule has 1 aromatic rings. The van der Waals surface area contributed by atoms with Crippen LogP contribution in [0.5, 0.6) is 5.75 Å². The molecule has 1 rings (SSSR count). The molecule has 1 amide bonds. The second-order valence-electron chi connectivity index (χ2n) is 4.41. The van der Waals surface area contributed by atoms with Crippen molar-refractivity contribution in [2.45, 2.75) is 32.6 Å². The second kappa shape index (κ2) is 8.79. The zero-order valence-electron chi connectivity index (χ0n) is 11.6. The predicted octanol–water partition coefficient (Wildman–Crippen LogP) is 2.33. The Bertz CT molecular complexity index is 461. The van der Waals surface area contributed by atoms with E-state index in [0.29, 0.717) is 17.9 Å². The summed E-state index contributed by atoms with van der Waals surface area (Å²) in [6, 6.07) is 6.98. The van der Waals surface area contributed by atoms with Gasteiger partial charge < -0.3 is 21.0 Å². The van der Waals surface area contributed by atoms with Crippen LogP contribution < -0.4 is 15.8 Å². The van der Waals surface area contributed by atoms with Gasteiger partial charge in [0.1, 0.15) is 12.4 Å². The van der Waals surface area contributed by atoms with Crippen molar-refractivity contribution < 1.29 is 14.7 Å². The zero-order valence-corrected chi connectivity index (χ0v) is 11.6. The number of nitrogens with two attached hydrogens (primary N) is 1. The van der Waals surface area contributed by atoms with E-state index in [1.165, 1.54) is 0 Å². The van der Waals surface area contributed by atoms with Gasteiger partial charge in [0.05, 0.1) is 0 Å². The number of hydrogen-bond acceptors (Lipinski definition) is 4. The van der Waals surface area contributed by atoms with Crippen molar-refractivity contribution in [2.24, 2.45) is 10.9 Å². The van der Waals surface area contributed by atoms with Gasteiger partial charge in [0, 0.05) is 18.2 Å². The van der Waals surface area contributed by atoms with E-state index in [1.807, 2.05) is 0 Å². The van der Waals surface area contributed by atoms with Crippen LogP contribution >= 0.6 is 0 Å². The molecule has 0 unspecified atom stereocenters. The minimum atomic E-state index is -0.0148. The maximum absolute atomic E-state index is 11.7. The molecule has 0 atom stereocenters. The fraction of sp³-hybridized carbons (Fsp3) is 0.429. The van der Waals surface area contributed by atoms with Crippen LogP contribution in [-0.2, 0) is 4.79 Å². The quantitative estimate of drug-likeness (QED) is 0.224. The molecule has 0 saturated carbocycles. The Morgan fingerprint density at radius 1 is 1.45 bits per heavy atom. The predicted molar refractivity (Wildman–Crippen MR) is 78.1 cm³/mol. The number of unbranched alkanes of at least 4 members (excludes halogenated alkanes) is 2. The van der Waals surface area contributed by atoms with Gasteiger partial charge in [0.25, 0.3) is 0 Å². The summed E-state index contributed by atoms with van der Waals surface area (Å²) in [6.45, 7) is 2.09. The highest BCUT2D eigenvalue weighted by atomic mass is 16.5. The zero-order chi connectivity index (χ0) is 14.8. The Morgan fingerprint density at radius 3 is 2.95 bits per heavy atom. The lowest BCUT2D eigenvalue weighted by molar-refractivity contribution is -0.116. The third kappa shape index (κ3) is 6.08. The summed E-state index contributed by atoms with van der Waals surface area (Å²) in [6.07, 6.45) is 3.55. The van der Waals surface area contributed by atoms with Gasteiger partial charge in [-0.1, -0.05) is 31.0 Å². The van der Waals surface area contributed by atoms with Gasteiger partial charge in [0.2, 0.25) is 5.91 Å². The number of nitrogens with one attached hydrogen (secondary N) is 1. The lowest BCUT2D eigenvalue weighted by Gasteiger charge is -2.08. The molecule has 0 aliphatic carbocycles. The number of carbonyl (C=O) groups excluding carboxylic acids is 1. The maximum Gasteiger partial charge on any atom is 0.224 e. The smallest absolute Gasteiger partial charge is 0.224 e. The summed E-state index contributed by atoms with van der Waals surface area (Å²) in [5, 5.41) is 14.0. The summed E-state index contributed by atoms with van der Waals surface area (Å²) in [7, 11) is 0. The lowest BCUT2D eigenvalue weighted by atomic mass is 10.2. The van der Waals surface area contributed by atoms with Crippen LogP contribution in [0.3, 0.4) is 0 Å². The third-order valence-corrected chi connectivity index (χ3v) is 2.64. The fourth-order valence-corrected chi connectivity index (χ4v) is 1.61. The van der Waals surface area contributed by atoms with E-state index < -0.39 is 0 Å². The molecule has 110 valence electrons. The molecular formula is C14H21N3O3. The van der Waals surface area contributed by atoms with Crippen molar-refractivity contribution in [3.63, 3.8) is 0 Å². The van der Waals surface area contributed by atoms with Gasteiger partial charge in [-0.2, -0.15) is 0 Å². The van der Waals surface area contributed by atoms with Crippen LogP contribution in [0.15, 0.2) is 29.4 Å². The highest BCUT2D eigenvalue weighted by molar-refractivity contribution is 5.90. The maximum atomic E-state index is 11.7. The highest BCUT2D eigenvalue weighted by Crippen LogP contribution is 2.17. The molecule has 0 aliphatic rings. The Hall–Kier alpha value is -2.24. The molecule has 0 fully saturated rings. The van der Waals surface area contributed by atoms with Crippen LogP contribution in [0.1, 0.15) is 32.6 Å². The van der Waals surface area contributed by atoms with Crippen molar-refractivity contribution in [2.75, 3.05) is 11.9 Å². The molecule has 0 heterocycles. The standard InChI is InChI=1S/C14H21N3O3/c1-2-3-4-8-14(18)16-11-6-5-7-12(9-11)20-10-13(15)17-19/h5-7,9,19H,2-4,8,10H2,1H3,(H2,15,17)(H,16,18). The fourth-order valence-electron chi connectivity index (χ4n) is 1.61. The first kappa shape index (κ1) is 15.8. The molecular weight excluding hydrogens is 258 g/mol. The van der Waals surface area contributed by atoms with E-state index in [1.54, 1.807) is 24.3 Å². The number of oxime groups is 1. The lowest BCUT2D eigenvalue weighted by Crippen LogP contribution is -2.20. The Balaban J connectivity index is 2.48. The van der Waals surface area contributed by atoms with E-state index in [0.717, 1.165) is 19.3 Å². The highest BCUT2D eigenvalue weighted by Gasteiger charge is 2.03. The molecule has 0 spiro atoms. The number of amides is 1. The molecule has 0 radical (unpaired) electrons. The number of ether oxygens (including phenoxy) is 1. The van der Waals surface area contributed by atoms with Crippen molar-refractivity contribution >= 4 is 17.4 Å². The van der Waals surface area contributed by atoms with Crippen LogP contribution in [0.2, 0.25) is 0 Å². The summed E-state index contributed by atoms with van der Waals surface area (Å²) in [5.74, 6) is 0.522. The van der Waals surface area contributed by atoms with Gasteiger partial charge in [-0.3, -0.25) is 4.79 Å². The normalized spacial score (nSPS) is 11.2. The monoisotopic (exact) mass is 279 g/mol. The van der Waals surface area contributed by atoms with E-state index >= 15 is 0 Å². The first-order chi connectivity index (χ1) is 9.65. The molecule has 4 N–H and O–H groups in total. The van der Waals surface area contributed by atoms with E-state index in [2.05, 4.69) is 17.4 Å². The van der Waals surface area contributed by atoms with Crippen molar-refractivity contribution in [1.29, 1.82) is 0 Å². The molecule has 6 heteroatoms. The second-order valence-corrected chi connectivity index (χ2v) is 4.41. The SMILES string of the molecule is CCCCCC(=O)Nc1cccc(OC/C(N)=N/O)c1. The van der Waals surface area contributed by atoms with Crippen LogP contribution in [0.4, 0.5) is 5.69 Å². The molecule has 0 saturated heterocycles. The number of benzene rings is 1. The molecule has 0 bridgehead atoms. The third-order valence-electron chi connectivity index (χ3n) is 2.64. The summed E-state index contributed by atoms with van der Waals surface area (Å²) >= 11 is 0. The topological polar surface area (TPSA) is 96.9 Å². The molecule has 0 aliphatic heterocycles. The van der Waals surface area contributed by atoms with Gasteiger partial charge in [-0.25, -0.2) is 0 Å². The van der Waals surface area contributed by atoms with E-state index in [-0.39, 0.29) is 18.3 Å². The van der Waals surface area contributed by atoms with Gasteiger partial charge in [-0.15, -0.1) is 0 Å². The summed E-state index contributed by atoms with van der Waals surface area (Å²) in [4.78, 5) is 11.7.